The molecule has 1 aromatic heterocycles. The monoisotopic (exact) mass is 462 g/mol. The Bertz CT molecular complexity index is 1260. The van der Waals surface area contributed by atoms with Gasteiger partial charge in [0, 0.05) is 17.7 Å². The third kappa shape index (κ3) is 3.91. The van der Waals surface area contributed by atoms with Gasteiger partial charge in [0.15, 0.2) is 23.0 Å². The van der Waals surface area contributed by atoms with Crippen molar-refractivity contribution in [2.75, 3.05) is 0 Å². The van der Waals surface area contributed by atoms with Crippen molar-refractivity contribution < 1.29 is 54.4 Å². The molecular weight excluding hydrogens is 444 g/mol. The normalized spacial score (nSPS) is 25.1. The minimum atomic E-state index is -1.99. The fraction of sp³-hybridized carbons (Fsp3) is 0.238. The van der Waals surface area contributed by atoms with Gasteiger partial charge in [-0.15, -0.1) is 0 Å². The zero-order valence-corrected chi connectivity index (χ0v) is 16.5. The number of hydrogen-bond donors (Lipinski definition) is 7. The number of benzene rings is 2. The molecule has 7 N–H and O–H groups in total. The number of carboxylic acids is 1. The Hall–Kier alpha value is -3.84. The lowest BCUT2D eigenvalue weighted by Crippen LogP contribution is -2.61. The van der Waals surface area contributed by atoms with E-state index in [1.165, 1.54) is 24.3 Å². The van der Waals surface area contributed by atoms with Crippen molar-refractivity contribution in [3.8, 4) is 34.3 Å². The molecule has 1 aliphatic rings. The molecular formula is C21H18O12. The Morgan fingerprint density at radius 2 is 1.61 bits per heavy atom. The average Bonchev–Trinajstić information content (AvgIpc) is 2.76. The highest BCUT2D eigenvalue weighted by atomic mass is 16.7. The predicted molar refractivity (Wildman–Crippen MR) is 108 cm³/mol. The van der Waals surface area contributed by atoms with Crippen LogP contribution in [0.4, 0.5) is 0 Å². The number of aliphatic hydroxyl groups excluding tert-OH is 3. The first-order chi connectivity index (χ1) is 15.6. The Kier molecular flexibility index (Phi) is 5.59. The molecule has 0 aliphatic carbocycles. The van der Waals surface area contributed by atoms with Crippen LogP contribution in [0.15, 0.2) is 45.6 Å². The van der Waals surface area contributed by atoms with Crippen molar-refractivity contribution in [3.05, 3.63) is 46.6 Å². The van der Waals surface area contributed by atoms with Crippen LogP contribution in [0, 0.1) is 0 Å². The molecule has 12 nitrogen and oxygen atoms in total. The highest BCUT2D eigenvalue weighted by molar-refractivity contribution is 5.89. The van der Waals surface area contributed by atoms with Crippen LogP contribution in [0.2, 0.25) is 0 Å². The highest BCUT2D eigenvalue weighted by Crippen LogP contribution is 2.43. The lowest BCUT2D eigenvalue weighted by molar-refractivity contribution is -0.271. The molecule has 174 valence electrons. The van der Waals surface area contributed by atoms with E-state index in [0.717, 1.165) is 12.1 Å². The Morgan fingerprint density at radius 3 is 2.24 bits per heavy atom. The van der Waals surface area contributed by atoms with E-state index in [1.807, 2.05) is 0 Å². The maximum Gasteiger partial charge on any atom is 0.335 e. The number of carboxylic acid groups (broad SMARTS) is 1. The molecule has 2 unspecified atom stereocenters. The molecule has 5 atom stereocenters. The smallest absolute Gasteiger partial charge is 0.335 e. The van der Waals surface area contributed by atoms with Crippen molar-refractivity contribution in [3.63, 3.8) is 0 Å². The molecule has 0 spiro atoms. The van der Waals surface area contributed by atoms with E-state index in [1.54, 1.807) is 0 Å². The summed E-state index contributed by atoms with van der Waals surface area (Å²) in [6, 6.07) is 7.67. The first kappa shape index (κ1) is 22.4. The van der Waals surface area contributed by atoms with Crippen LogP contribution in [-0.2, 0) is 9.53 Å². The summed E-state index contributed by atoms with van der Waals surface area (Å²) < 4.78 is 16.0. The first-order valence-electron chi connectivity index (χ1n) is 9.49. The van der Waals surface area contributed by atoms with Crippen LogP contribution < -0.4 is 10.2 Å². The van der Waals surface area contributed by atoms with Gasteiger partial charge in [-0.25, -0.2) is 4.79 Å². The van der Waals surface area contributed by atoms with Crippen LogP contribution in [-0.4, -0.2) is 72.4 Å². The summed E-state index contributed by atoms with van der Waals surface area (Å²) in [6.45, 7) is 0. The van der Waals surface area contributed by atoms with Gasteiger partial charge in [0.05, 0.1) is 0 Å². The standard InChI is InChI=1S/C21H18O12/c22-8-3-1-7(2-4-8)11-5-9(23)13-12(31-11)6-10(24)14(25)18(13)32-21-17(28)15(26)16(27)19(33-21)20(29)30/h1-6,15-17,19,21-22,24-28H,(H,29,30)/t15-,16-,17?,19?,21+/m0/s1. The number of phenols is 3. The molecule has 1 aliphatic heterocycles. The van der Waals surface area contributed by atoms with E-state index in [9.17, 15) is 40.2 Å². The molecule has 2 aromatic carbocycles. The number of aliphatic hydroxyl groups is 3. The summed E-state index contributed by atoms with van der Waals surface area (Å²) in [5.74, 6) is -4.03. The second kappa shape index (κ2) is 8.26. The molecule has 3 aromatic rings. The first-order valence-corrected chi connectivity index (χ1v) is 9.49. The number of ether oxygens (including phenoxy) is 2. The van der Waals surface area contributed by atoms with Gasteiger partial charge in [-0.05, 0) is 24.3 Å². The van der Waals surface area contributed by atoms with E-state index < -0.39 is 59.4 Å². The molecule has 2 heterocycles. The molecule has 1 saturated heterocycles. The van der Waals surface area contributed by atoms with Gasteiger partial charge in [-0.3, -0.25) is 4.79 Å². The van der Waals surface area contributed by atoms with Gasteiger partial charge in [0.2, 0.25) is 12.0 Å². The highest BCUT2D eigenvalue weighted by Gasteiger charge is 2.48. The molecule has 0 bridgehead atoms. The quantitative estimate of drug-likeness (QED) is 0.253. The SMILES string of the molecule is O=C(O)C1O[C@@H](Oc2c(O)c(O)cc3oc(-c4ccc(O)cc4)cc(=O)c23)C(O)[C@@H](O)[C@@H]1O. The Morgan fingerprint density at radius 1 is 0.939 bits per heavy atom. The number of fused-ring (bicyclic) bond motifs is 1. The molecule has 12 heteroatoms. The summed E-state index contributed by atoms with van der Waals surface area (Å²) >= 11 is 0. The maximum atomic E-state index is 12.9. The third-order valence-corrected chi connectivity index (χ3v) is 5.13. The van der Waals surface area contributed by atoms with Gasteiger partial charge >= 0.3 is 5.97 Å². The van der Waals surface area contributed by atoms with E-state index >= 15 is 0 Å². The predicted octanol–water partition coefficient (Wildman–Crippen LogP) is -0.152. The van der Waals surface area contributed by atoms with Crippen LogP contribution in [0.3, 0.4) is 0 Å². The molecule has 0 amide bonds. The minimum absolute atomic E-state index is 0.0156. The van der Waals surface area contributed by atoms with Gasteiger partial charge in [-0.1, -0.05) is 0 Å². The second-order valence-electron chi connectivity index (χ2n) is 7.32. The molecule has 4 rings (SSSR count). The van der Waals surface area contributed by atoms with Crippen LogP contribution >= 0.6 is 0 Å². The van der Waals surface area contributed by atoms with Crippen LogP contribution in [0.25, 0.3) is 22.3 Å². The summed E-state index contributed by atoms with van der Waals surface area (Å²) in [6.07, 6.45) is -9.89. The van der Waals surface area contributed by atoms with E-state index in [0.29, 0.717) is 5.56 Å². The molecule has 0 radical (unpaired) electrons. The zero-order chi connectivity index (χ0) is 24.0. The van der Waals surface area contributed by atoms with Gasteiger partial charge in [0.1, 0.15) is 40.8 Å². The largest absolute Gasteiger partial charge is 0.508 e. The minimum Gasteiger partial charge on any atom is -0.508 e. The number of hydrogen-bond acceptors (Lipinski definition) is 11. The molecule has 33 heavy (non-hydrogen) atoms. The van der Waals surface area contributed by atoms with Crippen molar-refractivity contribution in [1.29, 1.82) is 0 Å². The number of aromatic hydroxyl groups is 3. The van der Waals surface area contributed by atoms with Crippen molar-refractivity contribution in [2.45, 2.75) is 30.7 Å². The van der Waals surface area contributed by atoms with Crippen molar-refractivity contribution in [1.82, 2.24) is 0 Å². The summed E-state index contributed by atoms with van der Waals surface area (Å²) in [5, 5.41) is 68.5. The molecule has 0 saturated carbocycles. The fourth-order valence-electron chi connectivity index (χ4n) is 3.41. The van der Waals surface area contributed by atoms with E-state index in [-0.39, 0.29) is 22.5 Å². The molecule has 1 fully saturated rings. The zero-order valence-electron chi connectivity index (χ0n) is 16.5. The summed E-state index contributed by atoms with van der Waals surface area (Å²) in [5.41, 5.74) is -0.573. The van der Waals surface area contributed by atoms with Gasteiger partial charge in [0.25, 0.3) is 0 Å². The van der Waals surface area contributed by atoms with E-state index in [4.69, 9.17) is 19.0 Å². The third-order valence-electron chi connectivity index (χ3n) is 5.13. The summed E-state index contributed by atoms with van der Waals surface area (Å²) in [7, 11) is 0. The van der Waals surface area contributed by atoms with Crippen LogP contribution in [0.1, 0.15) is 0 Å². The van der Waals surface area contributed by atoms with Gasteiger partial charge in [-0.2, -0.15) is 0 Å². The average molecular weight is 462 g/mol. The number of carbonyl (C=O) groups is 1. The lowest BCUT2D eigenvalue weighted by atomic mass is 9.99. The number of rotatable bonds is 4. The maximum absolute atomic E-state index is 12.9. The Labute approximate surface area is 183 Å². The lowest BCUT2D eigenvalue weighted by Gasteiger charge is -2.38. The van der Waals surface area contributed by atoms with Crippen molar-refractivity contribution >= 4 is 16.9 Å². The van der Waals surface area contributed by atoms with E-state index in [2.05, 4.69) is 0 Å². The second-order valence-corrected chi connectivity index (χ2v) is 7.32. The van der Waals surface area contributed by atoms with Crippen molar-refractivity contribution in [2.24, 2.45) is 0 Å². The summed E-state index contributed by atoms with van der Waals surface area (Å²) in [4.78, 5) is 24.2. The Balaban J connectivity index is 1.80. The number of aliphatic carboxylic acids is 1. The fourth-order valence-corrected chi connectivity index (χ4v) is 3.41. The van der Waals surface area contributed by atoms with Crippen LogP contribution in [0.5, 0.6) is 23.0 Å². The van der Waals surface area contributed by atoms with Gasteiger partial charge < -0.3 is 49.6 Å². The topological polar surface area (TPSA) is 207 Å². The number of phenolic OH excluding ortho intramolecular Hbond substituents is 3.